The molecular formula is C13H22ClNOS. The average Bonchev–Trinajstić information content (AvgIpc) is 2.57. The molecule has 2 unspecified atom stereocenters. The molecule has 2 nitrogen and oxygen atoms in total. The molecule has 1 heterocycles. The maximum atomic E-state index is 5.97. The second-order valence-electron chi connectivity index (χ2n) is 5.60. The van der Waals surface area contributed by atoms with Crippen LogP contribution in [0.15, 0.2) is 12.1 Å². The van der Waals surface area contributed by atoms with E-state index in [0.29, 0.717) is 0 Å². The Labute approximate surface area is 113 Å². The lowest BCUT2D eigenvalue weighted by molar-refractivity contribution is 0.0263. The highest BCUT2D eigenvalue weighted by atomic mass is 35.5. The van der Waals surface area contributed by atoms with Crippen molar-refractivity contribution in [2.75, 3.05) is 6.61 Å². The molecule has 1 rings (SSSR count). The van der Waals surface area contributed by atoms with Gasteiger partial charge in [-0.05, 0) is 30.9 Å². The van der Waals surface area contributed by atoms with Gasteiger partial charge in [-0.1, -0.05) is 32.4 Å². The largest absolute Gasteiger partial charge is 0.371 e. The molecule has 4 heteroatoms. The maximum absolute atomic E-state index is 5.97. The van der Waals surface area contributed by atoms with E-state index >= 15 is 0 Å². The van der Waals surface area contributed by atoms with Gasteiger partial charge in [-0.2, -0.15) is 0 Å². The molecule has 2 N–H and O–H groups in total. The SMILES string of the molecule is CC(N)C(OCCC(C)(C)C)c1ccc(Cl)s1. The molecule has 0 spiro atoms. The highest BCUT2D eigenvalue weighted by molar-refractivity contribution is 7.16. The Morgan fingerprint density at radius 1 is 1.41 bits per heavy atom. The number of halogens is 1. The fourth-order valence-corrected chi connectivity index (χ4v) is 2.69. The fraction of sp³-hybridized carbons (Fsp3) is 0.692. The quantitative estimate of drug-likeness (QED) is 0.872. The molecule has 0 aliphatic carbocycles. The maximum Gasteiger partial charge on any atom is 0.106 e. The molecule has 0 fully saturated rings. The Balaban J connectivity index is 2.56. The van der Waals surface area contributed by atoms with Crippen molar-refractivity contribution in [2.24, 2.45) is 11.1 Å². The zero-order valence-electron chi connectivity index (χ0n) is 11.0. The van der Waals surface area contributed by atoms with Crippen molar-refractivity contribution in [1.82, 2.24) is 0 Å². The van der Waals surface area contributed by atoms with Crippen molar-refractivity contribution in [3.8, 4) is 0 Å². The molecule has 0 bridgehead atoms. The van der Waals surface area contributed by atoms with Gasteiger partial charge in [-0.15, -0.1) is 11.3 Å². The van der Waals surface area contributed by atoms with Crippen molar-refractivity contribution >= 4 is 22.9 Å². The second-order valence-corrected chi connectivity index (χ2v) is 7.35. The Hall–Kier alpha value is -0.0900. The topological polar surface area (TPSA) is 35.2 Å². The van der Waals surface area contributed by atoms with E-state index in [4.69, 9.17) is 22.1 Å². The number of hydrogen-bond acceptors (Lipinski definition) is 3. The normalized spacial score (nSPS) is 15.9. The zero-order chi connectivity index (χ0) is 13.1. The number of rotatable bonds is 5. The number of ether oxygens (including phenoxy) is 1. The van der Waals surface area contributed by atoms with E-state index in [0.717, 1.165) is 22.2 Å². The molecule has 0 radical (unpaired) electrons. The van der Waals surface area contributed by atoms with Crippen LogP contribution >= 0.6 is 22.9 Å². The van der Waals surface area contributed by atoms with E-state index in [1.807, 2.05) is 19.1 Å². The van der Waals surface area contributed by atoms with Gasteiger partial charge in [-0.3, -0.25) is 0 Å². The van der Waals surface area contributed by atoms with E-state index < -0.39 is 0 Å². The van der Waals surface area contributed by atoms with Crippen LogP contribution in [-0.2, 0) is 4.74 Å². The minimum atomic E-state index is -0.0464. The molecule has 0 aromatic carbocycles. The lowest BCUT2D eigenvalue weighted by Crippen LogP contribution is -2.27. The molecule has 0 amide bonds. The first-order chi connectivity index (χ1) is 7.79. The summed E-state index contributed by atoms with van der Waals surface area (Å²) in [4.78, 5) is 1.11. The summed E-state index contributed by atoms with van der Waals surface area (Å²) in [6.45, 7) is 9.32. The number of thiophene rings is 1. The lowest BCUT2D eigenvalue weighted by Gasteiger charge is -2.23. The first-order valence-electron chi connectivity index (χ1n) is 5.92. The average molecular weight is 276 g/mol. The summed E-state index contributed by atoms with van der Waals surface area (Å²) < 4.78 is 6.69. The van der Waals surface area contributed by atoms with Gasteiger partial charge < -0.3 is 10.5 Å². The Morgan fingerprint density at radius 2 is 2.06 bits per heavy atom. The standard InChI is InChI=1S/C13H22ClNOS/c1-9(15)12(10-5-6-11(14)17-10)16-8-7-13(2,3)4/h5-6,9,12H,7-8,15H2,1-4H3. The van der Waals surface area contributed by atoms with Crippen molar-refractivity contribution in [3.63, 3.8) is 0 Å². The monoisotopic (exact) mass is 275 g/mol. The Morgan fingerprint density at radius 3 is 2.47 bits per heavy atom. The molecule has 0 saturated heterocycles. The van der Waals surface area contributed by atoms with Crippen LogP contribution in [0.5, 0.6) is 0 Å². The number of hydrogen-bond donors (Lipinski definition) is 1. The first kappa shape index (κ1) is 15.0. The van der Waals surface area contributed by atoms with Gasteiger partial charge in [0.25, 0.3) is 0 Å². The molecular weight excluding hydrogens is 254 g/mol. The fourth-order valence-electron chi connectivity index (χ4n) is 1.47. The van der Waals surface area contributed by atoms with Gasteiger partial charge in [0.15, 0.2) is 0 Å². The second kappa shape index (κ2) is 6.19. The molecule has 0 aliphatic heterocycles. The van der Waals surface area contributed by atoms with Gasteiger partial charge in [0.1, 0.15) is 6.10 Å². The lowest BCUT2D eigenvalue weighted by atomic mass is 9.93. The van der Waals surface area contributed by atoms with E-state index in [9.17, 15) is 0 Å². The summed E-state index contributed by atoms with van der Waals surface area (Å²) >= 11 is 7.48. The van der Waals surface area contributed by atoms with Gasteiger partial charge >= 0.3 is 0 Å². The van der Waals surface area contributed by atoms with Gasteiger partial charge in [0.05, 0.1) is 4.34 Å². The minimum Gasteiger partial charge on any atom is -0.371 e. The summed E-state index contributed by atoms with van der Waals surface area (Å²) in [7, 11) is 0. The minimum absolute atomic E-state index is 0.0234. The van der Waals surface area contributed by atoms with E-state index in [2.05, 4.69) is 20.8 Å². The molecule has 1 aromatic rings. The van der Waals surface area contributed by atoms with Crippen LogP contribution in [0.3, 0.4) is 0 Å². The van der Waals surface area contributed by atoms with Crippen molar-refractivity contribution in [1.29, 1.82) is 0 Å². The van der Waals surface area contributed by atoms with Crippen LogP contribution in [0.2, 0.25) is 4.34 Å². The van der Waals surface area contributed by atoms with Crippen molar-refractivity contribution in [2.45, 2.75) is 46.3 Å². The first-order valence-corrected chi connectivity index (χ1v) is 7.11. The number of nitrogens with two attached hydrogens (primary N) is 1. The van der Waals surface area contributed by atoms with Crippen LogP contribution in [-0.4, -0.2) is 12.6 Å². The third-order valence-electron chi connectivity index (χ3n) is 2.50. The highest BCUT2D eigenvalue weighted by Crippen LogP contribution is 2.31. The van der Waals surface area contributed by atoms with Gasteiger partial charge in [0, 0.05) is 17.5 Å². The smallest absolute Gasteiger partial charge is 0.106 e. The van der Waals surface area contributed by atoms with E-state index in [1.165, 1.54) is 0 Å². The summed E-state index contributed by atoms with van der Waals surface area (Å²) in [5, 5.41) is 0. The third kappa shape index (κ3) is 5.38. The molecule has 0 aliphatic rings. The summed E-state index contributed by atoms with van der Waals surface area (Å²) in [6, 6.07) is 3.87. The van der Waals surface area contributed by atoms with Gasteiger partial charge in [0.2, 0.25) is 0 Å². The Kier molecular flexibility index (Phi) is 5.45. The van der Waals surface area contributed by atoms with Crippen molar-refractivity contribution < 1.29 is 4.74 Å². The Bertz CT molecular complexity index is 343. The van der Waals surface area contributed by atoms with Crippen LogP contribution in [0.1, 0.15) is 45.1 Å². The predicted molar refractivity (Wildman–Crippen MR) is 75.7 cm³/mol. The van der Waals surface area contributed by atoms with Crippen LogP contribution in [0.25, 0.3) is 0 Å². The molecule has 0 saturated carbocycles. The van der Waals surface area contributed by atoms with Crippen LogP contribution in [0.4, 0.5) is 0 Å². The molecule has 1 aromatic heterocycles. The third-order valence-corrected chi connectivity index (χ3v) is 3.79. The molecule has 17 heavy (non-hydrogen) atoms. The molecule has 2 atom stereocenters. The van der Waals surface area contributed by atoms with Crippen molar-refractivity contribution in [3.05, 3.63) is 21.3 Å². The van der Waals surface area contributed by atoms with E-state index in [1.54, 1.807) is 11.3 Å². The van der Waals surface area contributed by atoms with Crippen LogP contribution < -0.4 is 5.73 Å². The van der Waals surface area contributed by atoms with E-state index in [-0.39, 0.29) is 17.6 Å². The molecule has 98 valence electrons. The highest BCUT2D eigenvalue weighted by Gasteiger charge is 2.20. The van der Waals surface area contributed by atoms with Crippen LogP contribution in [0, 0.1) is 5.41 Å². The predicted octanol–water partition coefficient (Wildman–Crippen LogP) is 4.24. The summed E-state index contributed by atoms with van der Waals surface area (Å²) in [5.41, 5.74) is 6.25. The van der Waals surface area contributed by atoms with Gasteiger partial charge in [-0.25, -0.2) is 0 Å². The zero-order valence-corrected chi connectivity index (χ0v) is 12.6. The summed E-state index contributed by atoms with van der Waals surface area (Å²) in [5.74, 6) is 0. The summed E-state index contributed by atoms with van der Waals surface area (Å²) in [6.07, 6.45) is 0.977.